The number of allylic oxidation sites excluding steroid dienone is 2. The molecule has 3 heterocycles. The van der Waals surface area contributed by atoms with Crippen molar-refractivity contribution in [3.8, 4) is 0 Å². The fraction of sp³-hybridized carbons (Fsp3) is 0.700. The molecule has 128 valence electrons. The van der Waals surface area contributed by atoms with Crippen molar-refractivity contribution >= 4 is 0 Å². The standard InChI is InChI=1S/C20H30O3/c1-14(2)16-8-7-15(3)17-9-12-19(4,23-22-17)10-6-11-20(5)18(13-16)21-20/h6-7,10,17-18H,8-9,11-13H2,1-5H3/b10-6-,15-7+. The Morgan fingerprint density at radius 1 is 1.26 bits per heavy atom. The van der Waals surface area contributed by atoms with Crippen LogP contribution in [0, 0.1) is 0 Å². The molecule has 2 fully saturated rings. The molecule has 0 aromatic heterocycles. The van der Waals surface area contributed by atoms with E-state index < -0.39 is 0 Å². The summed E-state index contributed by atoms with van der Waals surface area (Å²) < 4.78 is 6.02. The van der Waals surface area contributed by atoms with Crippen LogP contribution in [-0.2, 0) is 14.5 Å². The molecule has 2 saturated heterocycles. The Morgan fingerprint density at radius 2 is 2.04 bits per heavy atom. The first-order valence-electron chi connectivity index (χ1n) is 8.83. The lowest BCUT2D eigenvalue weighted by atomic mass is 9.89. The summed E-state index contributed by atoms with van der Waals surface area (Å²) in [4.78, 5) is 11.4. The first kappa shape index (κ1) is 16.9. The van der Waals surface area contributed by atoms with Crippen molar-refractivity contribution in [2.75, 3.05) is 0 Å². The van der Waals surface area contributed by atoms with Crippen LogP contribution in [-0.4, -0.2) is 23.4 Å². The quantitative estimate of drug-likeness (QED) is 0.356. The number of epoxide rings is 1. The minimum Gasteiger partial charge on any atom is -0.366 e. The zero-order chi connectivity index (χ0) is 16.7. The molecule has 0 aromatic carbocycles. The molecule has 4 rings (SSSR count). The molecule has 0 aromatic rings. The van der Waals surface area contributed by atoms with Gasteiger partial charge >= 0.3 is 0 Å². The van der Waals surface area contributed by atoms with Gasteiger partial charge in [-0.2, -0.15) is 0 Å². The largest absolute Gasteiger partial charge is 0.366 e. The summed E-state index contributed by atoms with van der Waals surface area (Å²) in [5.74, 6) is 0. The van der Waals surface area contributed by atoms with E-state index in [4.69, 9.17) is 14.5 Å². The highest BCUT2D eigenvalue weighted by Crippen LogP contribution is 2.44. The Kier molecular flexibility index (Phi) is 4.56. The zero-order valence-electron chi connectivity index (χ0n) is 15.1. The number of hydrogen-bond acceptors (Lipinski definition) is 3. The summed E-state index contributed by atoms with van der Waals surface area (Å²) in [6.07, 6.45) is 12.0. The monoisotopic (exact) mass is 318 g/mol. The van der Waals surface area contributed by atoms with Crippen LogP contribution in [0.5, 0.6) is 0 Å². The SMILES string of the molecule is CC(C)=C1C/C=C(\C)C2CCC(C)(/C=C\CC3(C)OC3C1)OO2. The van der Waals surface area contributed by atoms with Gasteiger partial charge in [0.15, 0.2) is 0 Å². The third-order valence-electron chi connectivity index (χ3n) is 5.60. The number of ether oxygens (including phenoxy) is 1. The topological polar surface area (TPSA) is 31.0 Å². The highest BCUT2D eigenvalue weighted by molar-refractivity contribution is 5.22. The fourth-order valence-electron chi connectivity index (χ4n) is 3.49. The summed E-state index contributed by atoms with van der Waals surface area (Å²) in [6.45, 7) is 10.9. The van der Waals surface area contributed by atoms with Gasteiger partial charge in [-0.15, -0.1) is 0 Å². The van der Waals surface area contributed by atoms with Gasteiger partial charge in [0.2, 0.25) is 0 Å². The molecule has 3 heteroatoms. The normalized spacial score (nSPS) is 44.7. The predicted molar refractivity (Wildman–Crippen MR) is 92.0 cm³/mol. The predicted octanol–water partition coefficient (Wildman–Crippen LogP) is 5.04. The van der Waals surface area contributed by atoms with E-state index in [1.54, 1.807) is 0 Å². The second-order valence-electron chi connectivity index (χ2n) is 8.01. The van der Waals surface area contributed by atoms with Crippen molar-refractivity contribution in [2.24, 2.45) is 0 Å². The minimum atomic E-state index is -0.313. The van der Waals surface area contributed by atoms with Crippen LogP contribution < -0.4 is 0 Å². The van der Waals surface area contributed by atoms with Gasteiger partial charge in [0.1, 0.15) is 11.7 Å². The summed E-state index contributed by atoms with van der Waals surface area (Å²) in [5, 5.41) is 0. The maximum absolute atomic E-state index is 6.02. The molecule has 3 aliphatic heterocycles. The van der Waals surface area contributed by atoms with Crippen molar-refractivity contribution in [3.05, 3.63) is 34.9 Å². The van der Waals surface area contributed by atoms with Crippen LogP contribution >= 0.6 is 0 Å². The van der Waals surface area contributed by atoms with E-state index in [0.717, 1.165) is 32.1 Å². The Balaban J connectivity index is 1.84. The number of hydrogen-bond donors (Lipinski definition) is 0. The Morgan fingerprint density at radius 3 is 2.70 bits per heavy atom. The van der Waals surface area contributed by atoms with Gasteiger partial charge in [0.25, 0.3) is 0 Å². The molecule has 23 heavy (non-hydrogen) atoms. The summed E-state index contributed by atoms with van der Waals surface area (Å²) >= 11 is 0. The molecule has 1 aliphatic carbocycles. The van der Waals surface area contributed by atoms with E-state index in [-0.39, 0.29) is 17.3 Å². The fourth-order valence-corrected chi connectivity index (χ4v) is 3.49. The average Bonchev–Trinajstić information content (AvgIpc) is 3.12. The number of rotatable bonds is 0. The van der Waals surface area contributed by atoms with Gasteiger partial charge in [0.05, 0.1) is 11.7 Å². The molecule has 0 spiro atoms. The van der Waals surface area contributed by atoms with Crippen LogP contribution in [0.25, 0.3) is 0 Å². The van der Waals surface area contributed by atoms with Crippen molar-refractivity contribution in [3.63, 3.8) is 0 Å². The van der Waals surface area contributed by atoms with Crippen molar-refractivity contribution in [1.82, 2.24) is 0 Å². The van der Waals surface area contributed by atoms with E-state index in [9.17, 15) is 0 Å². The molecule has 4 atom stereocenters. The first-order valence-corrected chi connectivity index (χ1v) is 8.83. The minimum absolute atomic E-state index is 0.0194. The van der Waals surface area contributed by atoms with E-state index >= 15 is 0 Å². The van der Waals surface area contributed by atoms with Gasteiger partial charge in [-0.05, 0) is 72.3 Å². The van der Waals surface area contributed by atoms with E-state index in [2.05, 4.69) is 52.8 Å². The molecule has 0 radical (unpaired) electrons. The average molecular weight is 318 g/mol. The lowest BCUT2D eigenvalue weighted by Crippen LogP contribution is -2.36. The molecule has 0 saturated carbocycles. The molecule has 4 unspecified atom stereocenters. The van der Waals surface area contributed by atoms with Crippen LogP contribution in [0.15, 0.2) is 34.9 Å². The van der Waals surface area contributed by atoms with Crippen LogP contribution in [0.1, 0.15) is 66.7 Å². The molecule has 4 aliphatic rings. The smallest absolute Gasteiger partial charge is 0.119 e. The van der Waals surface area contributed by atoms with Gasteiger partial charge in [-0.25, -0.2) is 9.78 Å². The maximum Gasteiger partial charge on any atom is 0.119 e. The van der Waals surface area contributed by atoms with Gasteiger partial charge in [-0.3, -0.25) is 0 Å². The second kappa shape index (κ2) is 6.19. The Hall–Kier alpha value is -0.900. The Bertz CT molecular complexity index is 545. The number of fused-ring (bicyclic) bond motifs is 6. The molecular weight excluding hydrogens is 288 g/mol. The van der Waals surface area contributed by atoms with Gasteiger partial charge in [-0.1, -0.05) is 29.4 Å². The van der Waals surface area contributed by atoms with Crippen molar-refractivity contribution < 1.29 is 14.5 Å². The second-order valence-corrected chi connectivity index (χ2v) is 8.01. The van der Waals surface area contributed by atoms with Gasteiger partial charge in [0, 0.05) is 0 Å². The first-order chi connectivity index (χ1) is 10.8. The zero-order valence-corrected chi connectivity index (χ0v) is 15.1. The maximum atomic E-state index is 6.02. The van der Waals surface area contributed by atoms with Crippen LogP contribution in [0.3, 0.4) is 0 Å². The van der Waals surface area contributed by atoms with Crippen LogP contribution in [0.4, 0.5) is 0 Å². The molecule has 0 N–H and O–H groups in total. The Labute approximate surface area is 140 Å². The lowest BCUT2D eigenvalue weighted by Gasteiger charge is -2.34. The van der Waals surface area contributed by atoms with E-state index in [1.165, 1.54) is 16.7 Å². The molecule has 0 amide bonds. The molecule has 3 nitrogen and oxygen atoms in total. The highest BCUT2D eigenvalue weighted by Gasteiger charge is 2.51. The summed E-state index contributed by atoms with van der Waals surface area (Å²) in [5.41, 5.74) is 3.83. The van der Waals surface area contributed by atoms with Gasteiger partial charge < -0.3 is 4.74 Å². The van der Waals surface area contributed by atoms with Crippen molar-refractivity contribution in [1.29, 1.82) is 0 Å². The third-order valence-corrected chi connectivity index (χ3v) is 5.60. The summed E-state index contributed by atoms with van der Waals surface area (Å²) in [6, 6.07) is 0. The highest BCUT2D eigenvalue weighted by atomic mass is 17.2. The van der Waals surface area contributed by atoms with Crippen molar-refractivity contribution in [2.45, 2.75) is 90.1 Å². The molecule has 2 bridgehead atoms. The van der Waals surface area contributed by atoms with E-state index in [0.29, 0.717) is 6.10 Å². The summed E-state index contributed by atoms with van der Waals surface area (Å²) in [7, 11) is 0. The van der Waals surface area contributed by atoms with Crippen LogP contribution in [0.2, 0.25) is 0 Å². The van der Waals surface area contributed by atoms with E-state index in [1.807, 2.05) is 0 Å². The molecular formula is C20H30O3. The lowest BCUT2D eigenvalue weighted by molar-refractivity contribution is -0.385. The third kappa shape index (κ3) is 3.78.